The van der Waals surface area contributed by atoms with Crippen molar-refractivity contribution in [3.05, 3.63) is 24.2 Å². The average molecular weight is 207 g/mol. The molecule has 0 radical (unpaired) electrons. The van der Waals surface area contributed by atoms with Crippen LogP contribution in [0.25, 0.3) is 5.82 Å². The van der Waals surface area contributed by atoms with E-state index in [0.717, 1.165) is 44.5 Å². The molecule has 3 rings (SSSR count). The van der Waals surface area contributed by atoms with E-state index in [0.29, 0.717) is 0 Å². The third kappa shape index (κ3) is 1.70. The summed E-state index contributed by atoms with van der Waals surface area (Å²) in [5, 5.41) is 4.25. The summed E-state index contributed by atoms with van der Waals surface area (Å²) < 4.78 is 12.5. The zero-order valence-corrected chi connectivity index (χ0v) is 8.43. The first-order valence-corrected chi connectivity index (χ1v) is 5.14. The van der Waals surface area contributed by atoms with Gasteiger partial charge in [0, 0.05) is 25.5 Å². The number of rotatable bonds is 2. The summed E-state index contributed by atoms with van der Waals surface area (Å²) in [4.78, 5) is 2.26. The molecule has 15 heavy (non-hydrogen) atoms. The van der Waals surface area contributed by atoms with Crippen LogP contribution in [0.3, 0.4) is 0 Å². The molecule has 0 aromatic carbocycles. The smallest absolute Gasteiger partial charge is 0.176 e. The Bertz CT molecular complexity index is 360. The van der Waals surface area contributed by atoms with Crippen molar-refractivity contribution in [1.82, 2.24) is 14.7 Å². The lowest BCUT2D eigenvalue weighted by Crippen LogP contribution is -2.36. The highest BCUT2D eigenvalue weighted by Gasteiger charge is 2.27. The monoisotopic (exact) mass is 207 g/mol. The van der Waals surface area contributed by atoms with E-state index in [-0.39, 0.29) is 0 Å². The molecule has 1 aromatic rings. The van der Waals surface area contributed by atoms with Gasteiger partial charge in [0.05, 0.1) is 13.2 Å². The molecule has 3 heterocycles. The maximum atomic E-state index is 5.33. The van der Waals surface area contributed by atoms with Gasteiger partial charge in [0.2, 0.25) is 0 Å². The van der Waals surface area contributed by atoms with Crippen LogP contribution in [0.4, 0.5) is 0 Å². The lowest BCUT2D eigenvalue weighted by molar-refractivity contribution is 0.0607. The van der Waals surface area contributed by atoms with Crippen LogP contribution >= 0.6 is 0 Å². The van der Waals surface area contributed by atoms with Crippen LogP contribution in [0.1, 0.15) is 0 Å². The van der Waals surface area contributed by atoms with E-state index in [4.69, 9.17) is 9.47 Å². The summed E-state index contributed by atoms with van der Waals surface area (Å²) >= 11 is 0. The summed E-state index contributed by atoms with van der Waals surface area (Å²) in [6.45, 7) is 4.09. The zero-order chi connectivity index (χ0) is 10.1. The predicted octanol–water partition coefficient (Wildman–Crippen LogP) is 0.372. The van der Waals surface area contributed by atoms with E-state index in [1.165, 1.54) is 0 Å². The number of nitrogens with zero attached hydrogens (tertiary/aromatic N) is 3. The van der Waals surface area contributed by atoms with Gasteiger partial charge in [-0.25, -0.2) is 4.68 Å². The Morgan fingerprint density at radius 3 is 2.73 bits per heavy atom. The van der Waals surface area contributed by atoms with E-state index in [1.54, 1.807) is 6.20 Å². The van der Waals surface area contributed by atoms with E-state index in [9.17, 15) is 0 Å². The molecule has 5 nitrogen and oxygen atoms in total. The second-order valence-electron chi connectivity index (χ2n) is 3.59. The van der Waals surface area contributed by atoms with Crippen LogP contribution < -0.4 is 0 Å². The molecule has 0 amide bonds. The minimum Gasteiger partial charge on any atom is -0.482 e. The first-order chi connectivity index (χ1) is 7.45. The fourth-order valence-corrected chi connectivity index (χ4v) is 1.78. The van der Waals surface area contributed by atoms with Crippen LogP contribution in [-0.4, -0.2) is 47.6 Å². The first kappa shape index (κ1) is 8.79. The number of morpholine rings is 1. The predicted molar refractivity (Wildman–Crippen MR) is 53.8 cm³/mol. The van der Waals surface area contributed by atoms with Crippen LogP contribution in [0.15, 0.2) is 24.2 Å². The molecule has 2 saturated heterocycles. The number of aromatic nitrogens is 2. The summed E-state index contributed by atoms with van der Waals surface area (Å²) in [5.74, 6) is 2.10. The minimum atomic E-state index is 0.729. The topological polar surface area (TPSA) is 42.8 Å². The van der Waals surface area contributed by atoms with Crippen molar-refractivity contribution in [1.29, 1.82) is 0 Å². The van der Waals surface area contributed by atoms with Gasteiger partial charge in [0.25, 0.3) is 0 Å². The Hall–Kier alpha value is -1.49. The van der Waals surface area contributed by atoms with Crippen LogP contribution in [0.5, 0.6) is 0 Å². The van der Waals surface area contributed by atoms with Crippen molar-refractivity contribution >= 4 is 5.82 Å². The molecular weight excluding hydrogens is 194 g/mol. The molecule has 0 aliphatic carbocycles. The Morgan fingerprint density at radius 2 is 2.13 bits per heavy atom. The van der Waals surface area contributed by atoms with Gasteiger partial charge in [-0.2, -0.15) is 5.10 Å². The molecule has 2 aliphatic heterocycles. The second-order valence-corrected chi connectivity index (χ2v) is 3.59. The van der Waals surface area contributed by atoms with Gasteiger partial charge in [0.15, 0.2) is 11.6 Å². The molecule has 2 aliphatic rings. The maximum Gasteiger partial charge on any atom is 0.176 e. The Balaban J connectivity index is 1.89. The summed E-state index contributed by atoms with van der Waals surface area (Å²) in [5.41, 5.74) is 0. The molecule has 0 N–H and O–H groups in total. The zero-order valence-electron chi connectivity index (χ0n) is 8.43. The van der Waals surface area contributed by atoms with Crippen molar-refractivity contribution in [2.75, 3.05) is 32.9 Å². The van der Waals surface area contributed by atoms with Gasteiger partial charge < -0.3 is 14.4 Å². The summed E-state index contributed by atoms with van der Waals surface area (Å²) in [6, 6.07) is 1.92. The number of hydrogen-bond donors (Lipinski definition) is 0. The standard InChI is InChI=1S/C10H13N3O2/c1-2-11-13(3-1)10(9-8-15-9)12-4-6-14-7-5-12/h1-3H,4-8H2. The highest BCUT2D eigenvalue weighted by Crippen LogP contribution is 2.26. The normalized spacial score (nSPS) is 23.6. The van der Waals surface area contributed by atoms with Crippen molar-refractivity contribution < 1.29 is 9.47 Å². The Labute approximate surface area is 87.9 Å². The van der Waals surface area contributed by atoms with Gasteiger partial charge in [-0.15, -0.1) is 0 Å². The average Bonchev–Trinajstić information content (AvgIpc) is 2.96. The number of ether oxygens (including phenoxy) is 2. The van der Waals surface area contributed by atoms with Gasteiger partial charge in [0.1, 0.15) is 6.61 Å². The molecule has 1 aromatic heterocycles. The molecule has 0 atom stereocenters. The third-order valence-corrected chi connectivity index (χ3v) is 2.57. The van der Waals surface area contributed by atoms with Crippen molar-refractivity contribution in [2.24, 2.45) is 0 Å². The van der Waals surface area contributed by atoms with Crippen molar-refractivity contribution in [3.63, 3.8) is 0 Å². The van der Waals surface area contributed by atoms with Gasteiger partial charge >= 0.3 is 0 Å². The van der Waals surface area contributed by atoms with Crippen LogP contribution in [0, 0.1) is 0 Å². The van der Waals surface area contributed by atoms with Gasteiger partial charge in [-0.3, -0.25) is 0 Å². The van der Waals surface area contributed by atoms with Crippen molar-refractivity contribution in [3.8, 4) is 0 Å². The minimum absolute atomic E-state index is 0.729. The van der Waals surface area contributed by atoms with Gasteiger partial charge in [-0.1, -0.05) is 0 Å². The quantitative estimate of drug-likeness (QED) is 0.657. The first-order valence-electron chi connectivity index (χ1n) is 5.14. The highest BCUT2D eigenvalue weighted by atomic mass is 16.6. The van der Waals surface area contributed by atoms with E-state index in [2.05, 4.69) is 10.00 Å². The largest absolute Gasteiger partial charge is 0.482 e. The molecule has 0 bridgehead atoms. The van der Waals surface area contributed by atoms with Crippen molar-refractivity contribution in [2.45, 2.75) is 0 Å². The van der Waals surface area contributed by atoms with Crippen LogP contribution in [-0.2, 0) is 9.47 Å². The lowest BCUT2D eigenvalue weighted by atomic mass is 10.4. The number of epoxide rings is 1. The van der Waals surface area contributed by atoms with Gasteiger partial charge in [-0.05, 0) is 6.07 Å². The molecule has 2 fully saturated rings. The molecule has 0 saturated carbocycles. The molecule has 0 unspecified atom stereocenters. The summed E-state index contributed by atoms with van der Waals surface area (Å²) in [6.07, 6.45) is 3.73. The van der Waals surface area contributed by atoms with E-state index < -0.39 is 0 Å². The fourth-order valence-electron chi connectivity index (χ4n) is 1.78. The molecular formula is C10H13N3O2. The van der Waals surface area contributed by atoms with Crippen LogP contribution in [0.2, 0.25) is 0 Å². The highest BCUT2D eigenvalue weighted by molar-refractivity contribution is 5.49. The molecule has 5 heteroatoms. The van der Waals surface area contributed by atoms with E-state index in [1.807, 2.05) is 16.9 Å². The lowest BCUT2D eigenvalue weighted by Gasteiger charge is -2.29. The second kappa shape index (κ2) is 3.58. The molecule has 0 spiro atoms. The molecule has 80 valence electrons. The summed E-state index contributed by atoms with van der Waals surface area (Å²) in [7, 11) is 0. The Morgan fingerprint density at radius 1 is 1.33 bits per heavy atom. The number of hydrogen-bond acceptors (Lipinski definition) is 4. The third-order valence-electron chi connectivity index (χ3n) is 2.57. The van der Waals surface area contributed by atoms with E-state index >= 15 is 0 Å². The SMILES string of the molecule is c1cnn(C(=C2CO2)N2CCOCC2)c1. The maximum absolute atomic E-state index is 5.33. The fraction of sp³-hybridized carbons (Fsp3) is 0.500. The Kier molecular flexibility index (Phi) is 2.10.